The number of rotatable bonds is 3. The van der Waals surface area contributed by atoms with E-state index in [1.165, 1.54) is 44.6 Å². The number of hydrogen-bond donors (Lipinski definition) is 1. The molecule has 1 aliphatic heterocycles. The standard InChI is InChI=1S/C17H27N3/c1-3-18-17-15-8-5-4-7-14(15)13-16(17)20-10-6-9-19(2)11-12-20/h4-5,7-8,16-18H,3,6,9-13H2,1-2H3. The third kappa shape index (κ3) is 2.76. The lowest BCUT2D eigenvalue weighted by Gasteiger charge is -2.32. The van der Waals surface area contributed by atoms with E-state index < -0.39 is 0 Å². The van der Waals surface area contributed by atoms with Crippen LogP contribution >= 0.6 is 0 Å². The first kappa shape index (κ1) is 14.1. The molecule has 0 saturated carbocycles. The van der Waals surface area contributed by atoms with Gasteiger partial charge in [0.2, 0.25) is 0 Å². The van der Waals surface area contributed by atoms with Crippen molar-refractivity contribution in [1.82, 2.24) is 15.1 Å². The van der Waals surface area contributed by atoms with Gasteiger partial charge >= 0.3 is 0 Å². The number of fused-ring (bicyclic) bond motifs is 1. The van der Waals surface area contributed by atoms with E-state index in [9.17, 15) is 0 Å². The Balaban J connectivity index is 1.79. The summed E-state index contributed by atoms with van der Waals surface area (Å²) in [7, 11) is 2.24. The summed E-state index contributed by atoms with van der Waals surface area (Å²) in [5, 5.41) is 3.72. The minimum Gasteiger partial charge on any atom is -0.309 e. The predicted molar refractivity (Wildman–Crippen MR) is 84.0 cm³/mol. The predicted octanol–water partition coefficient (Wildman–Crippen LogP) is 1.90. The van der Waals surface area contributed by atoms with Crippen LogP contribution in [0, 0.1) is 0 Å². The van der Waals surface area contributed by atoms with E-state index in [-0.39, 0.29) is 0 Å². The highest BCUT2D eigenvalue weighted by molar-refractivity contribution is 5.37. The SMILES string of the molecule is CCNC1c2ccccc2CC1N1CCCN(C)CC1. The Hall–Kier alpha value is -0.900. The average Bonchev–Trinajstić information content (AvgIpc) is 2.67. The summed E-state index contributed by atoms with van der Waals surface area (Å²) in [4.78, 5) is 5.18. The topological polar surface area (TPSA) is 18.5 Å². The number of benzene rings is 1. The van der Waals surface area contributed by atoms with Gasteiger partial charge in [-0.15, -0.1) is 0 Å². The van der Waals surface area contributed by atoms with Crippen LogP contribution in [0.5, 0.6) is 0 Å². The molecule has 3 nitrogen and oxygen atoms in total. The largest absolute Gasteiger partial charge is 0.309 e. The number of nitrogens with zero attached hydrogens (tertiary/aromatic N) is 2. The van der Waals surface area contributed by atoms with Gasteiger partial charge in [-0.1, -0.05) is 31.2 Å². The lowest BCUT2D eigenvalue weighted by atomic mass is 10.1. The molecule has 110 valence electrons. The molecule has 0 bridgehead atoms. The lowest BCUT2D eigenvalue weighted by molar-refractivity contribution is 0.172. The van der Waals surface area contributed by atoms with E-state index in [4.69, 9.17) is 0 Å². The maximum absolute atomic E-state index is 3.72. The minimum atomic E-state index is 0.514. The first-order valence-electron chi connectivity index (χ1n) is 8.03. The van der Waals surface area contributed by atoms with Crippen LogP contribution in [-0.2, 0) is 6.42 Å². The van der Waals surface area contributed by atoms with Crippen molar-refractivity contribution in [2.75, 3.05) is 39.8 Å². The van der Waals surface area contributed by atoms with Crippen LogP contribution in [0.1, 0.15) is 30.5 Å². The second-order valence-corrected chi connectivity index (χ2v) is 6.20. The monoisotopic (exact) mass is 273 g/mol. The number of nitrogens with one attached hydrogen (secondary N) is 1. The molecule has 1 saturated heterocycles. The summed E-state index contributed by atoms with van der Waals surface area (Å²) < 4.78 is 0. The second kappa shape index (κ2) is 6.25. The Labute approximate surface area is 123 Å². The van der Waals surface area contributed by atoms with Gasteiger partial charge in [0.05, 0.1) is 0 Å². The molecule has 3 rings (SSSR count). The third-order valence-electron chi connectivity index (χ3n) is 4.85. The summed E-state index contributed by atoms with van der Waals surface area (Å²) in [6, 6.07) is 10.1. The van der Waals surface area contributed by atoms with E-state index >= 15 is 0 Å². The highest BCUT2D eigenvalue weighted by Gasteiger charge is 2.35. The molecule has 1 aromatic carbocycles. The molecule has 0 aromatic heterocycles. The van der Waals surface area contributed by atoms with Gasteiger partial charge in [-0.3, -0.25) is 4.90 Å². The van der Waals surface area contributed by atoms with Crippen LogP contribution in [0.25, 0.3) is 0 Å². The van der Waals surface area contributed by atoms with E-state index in [1.54, 1.807) is 5.56 Å². The summed E-state index contributed by atoms with van der Waals surface area (Å²) in [5.41, 5.74) is 3.07. The van der Waals surface area contributed by atoms with Crippen molar-refractivity contribution in [3.63, 3.8) is 0 Å². The quantitative estimate of drug-likeness (QED) is 0.907. The zero-order valence-corrected chi connectivity index (χ0v) is 12.8. The Bertz CT molecular complexity index is 446. The molecule has 1 aromatic rings. The fourth-order valence-corrected chi connectivity index (χ4v) is 3.78. The molecule has 0 amide bonds. The van der Waals surface area contributed by atoms with Crippen LogP contribution in [0.2, 0.25) is 0 Å². The molecule has 1 fully saturated rings. The van der Waals surface area contributed by atoms with Crippen molar-refractivity contribution < 1.29 is 0 Å². The fraction of sp³-hybridized carbons (Fsp3) is 0.647. The summed E-state index contributed by atoms with van der Waals surface area (Å²) >= 11 is 0. The fourth-order valence-electron chi connectivity index (χ4n) is 3.78. The molecule has 2 unspecified atom stereocenters. The Morgan fingerprint density at radius 2 is 2.00 bits per heavy atom. The van der Waals surface area contributed by atoms with Crippen molar-refractivity contribution in [3.8, 4) is 0 Å². The molecule has 2 atom stereocenters. The van der Waals surface area contributed by atoms with Gasteiger partial charge in [-0.2, -0.15) is 0 Å². The van der Waals surface area contributed by atoms with Gasteiger partial charge in [0.15, 0.2) is 0 Å². The molecule has 0 radical (unpaired) electrons. The minimum absolute atomic E-state index is 0.514. The van der Waals surface area contributed by atoms with E-state index in [0.717, 1.165) is 6.54 Å². The maximum atomic E-state index is 3.72. The number of likely N-dealkylation sites (N-methyl/N-ethyl adjacent to an activating group) is 2. The zero-order valence-electron chi connectivity index (χ0n) is 12.8. The Morgan fingerprint density at radius 1 is 1.15 bits per heavy atom. The molecule has 1 heterocycles. The van der Waals surface area contributed by atoms with Gasteiger partial charge in [0.25, 0.3) is 0 Å². The highest BCUT2D eigenvalue weighted by Crippen LogP contribution is 2.34. The van der Waals surface area contributed by atoms with Crippen molar-refractivity contribution in [1.29, 1.82) is 0 Å². The van der Waals surface area contributed by atoms with E-state index in [2.05, 4.69) is 53.4 Å². The average molecular weight is 273 g/mol. The maximum Gasteiger partial charge on any atom is 0.0484 e. The normalized spacial score (nSPS) is 28.3. The summed E-state index contributed by atoms with van der Waals surface area (Å²) in [6.07, 6.45) is 2.50. The van der Waals surface area contributed by atoms with Crippen LogP contribution < -0.4 is 5.32 Å². The molecule has 1 aliphatic carbocycles. The molecular formula is C17H27N3. The molecule has 3 heteroatoms. The second-order valence-electron chi connectivity index (χ2n) is 6.20. The van der Waals surface area contributed by atoms with Gasteiger partial charge in [0, 0.05) is 25.2 Å². The van der Waals surface area contributed by atoms with E-state index in [1.807, 2.05) is 0 Å². The van der Waals surface area contributed by atoms with Gasteiger partial charge < -0.3 is 10.2 Å². The Morgan fingerprint density at radius 3 is 2.85 bits per heavy atom. The van der Waals surface area contributed by atoms with Crippen LogP contribution in [0.4, 0.5) is 0 Å². The molecule has 0 spiro atoms. The van der Waals surface area contributed by atoms with E-state index in [0.29, 0.717) is 12.1 Å². The third-order valence-corrected chi connectivity index (χ3v) is 4.85. The van der Waals surface area contributed by atoms with Crippen LogP contribution in [0.15, 0.2) is 24.3 Å². The summed E-state index contributed by atoms with van der Waals surface area (Å²) in [6.45, 7) is 8.15. The van der Waals surface area contributed by atoms with Crippen molar-refractivity contribution in [2.24, 2.45) is 0 Å². The van der Waals surface area contributed by atoms with Crippen LogP contribution in [-0.4, -0.2) is 55.6 Å². The zero-order chi connectivity index (χ0) is 13.9. The smallest absolute Gasteiger partial charge is 0.0484 e. The first-order valence-corrected chi connectivity index (χ1v) is 8.03. The molecule has 1 N–H and O–H groups in total. The molecule has 2 aliphatic rings. The van der Waals surface area contributed by atoms with Gasteiger partial charge in [-0.25, -0.2) is 0 Å². The lowest BCUT2D eigenvalue weighted by Crippen LogP contribution is -2.44. The molecular weight excluding hydrogens is 246 g/mol. The molecule has 20 heavy (non-hydrogen) atoms. The van der Waals surface area contributed by atoms with Crippen LogP contribution in [0.3, 0.4) is 0 Å². The summed E-state index contributed by atoms with van der Waals surface area (Å²) in [5.74, 6) is 0. The Kier molecular flexibility index (Phi) is 4.39. The van der Waals surface area contributed by atoms with Crippen molar-refractivity contribution in [2.45, 2.75) is 31.8 Å². The van der Waals surface area contributed by atoms with Gasteiger partial charge in [-0.05, 0) is 50.7 Å². The van der Waals surface area contributed by atoms with Crippen molar-refractivity contribution >= 4 is 0 Å². The first-order chi connectivity index (χ1) is 9.79. The number of hydrogen-bond acceptors (Lipinski definition) is 3. The highest BCUT2D eigenvalue weighted by atomic mass is 15.2. The van der Waals surface area contributed by atoms with Gasteiger partial charge in [0.1, 0.15) is 0 Å². The van der Waals surface area contributed by atoms with Crippen molar-refractivity contribution in [3.05, 3.63) is 35.4 Å².